The SMILES string of the molecule is CN(Cc1cccc(F)c1)C(=O)c1cccc2c1CCCN2.Cl. The minimum atomic E-state index is -0.278. The van der Waals surface area contributed by atoms with E-state index in [1.54, 1.807) is 18.0 Å². The third-order valence-corrected chi connectivity index (χ3v) is 3.98. The zero-order valence-corrected chi connectivity index (χ0v) is 13.8. The van der Waals surface area contributed by atoms with Crippen molar-refractivity contribution >= 4 is 24.0 Å². The van der Waals surface area contributed by atoms with E-state index in [1.807, 2.05) is 24.3 Å². The Hall–Kier alpha value is -2.07. The Morgan fingerprint density at radius 1 is 1.26 bits per heavy atom. The summed E-state index contributed by atoms with van der Waals surface area (Å²) in [4.78, 5) is 14.3. The molecule has 1 aliphatic rings. The fourth-order valence-corrected chi connectivity index (χ4v) is 2.90. The number of halogens is 2. The molecule has 0 aromatic heterocycles. The summed E-state index contributed by atoms with van der Waals surface area (Å²) in [6, 6.07) is 12.1. The molecule has 2 aromatic rings. The van der Waals surface area contributed by atoms with Crippen LogP contribution < -0.4 is 5.32 Å². The highest BCUT2D eigenvalue weighted by atomic mass is 35.5. The topological polar surface area (TPSA) is 32.3 Å². The van der Waals surface area contributed by atoms with Gasteiger partial charge >= 0.3 is 0 Å². The van der Waals surface area contributed by atoms with Crippen molar-refractivity contribution in [2.75, 3.05) is 18.9 Å². The van der Waals surface area contributed by atoms with Gasteiger partial charge < -0.3 is 10.2 Å². The number of amides is 1. The van der Waals surface area contributed by atoms with Gasteiger partial charge in [0, 0.05) is 31.4 Å². The van der Waals surface area contributed by atoms with Crippen molar-refractivity contribution in [3.05, 3.63) is 65.0 Å². The Labute approximate surface area is 141 Å². The molecular weight excluding hydrogens is 315 g/mol. The Balaban J connectivity index is 0.00000192. The molecule has 3 nitrogen and oxygen atoms in total. The first-order chi connectivity index (χ1) is 10.6. The van der Waals surface area contributed by atoms with Crippen LogP contribution in [0.5, 0.6) is 0 Å². The molecule has 1 heterocycles. The van der Waals surface area contributed by atoms with E-state index in [9.17, 15) is 9.18 Å². The summed E-state index contributed by atoms with van der Waals surface area (Å²) < 4.78 is 13.3. The number of hydrogen-bond acceptors (Lipinski definition) is 2. The van der Waals surface area contributed by atoms with Gasteiger partial charge in [0.15, 0.2) is 0 Å². The lowest BCUT2D eigenvalue weighted by Crippen LogP contribution is -2.28. The Morgan fingerprint density at radius 3 is 2.83 bits per heavy atom. The van der Waals surface area contributed by atoms with E-state index < -0.39 is 0 Å². The van der Waals surface area contributed by atoms with Crippen LogP contribution in [0.2, 0.25) is 0 Å². The predicted octanol–water partition coefficient (Wildman–Crippen LogP) is 3.88. The molecule has 0 atom stereocenters. The van der Waals surface area contributed by atoms with Gasteiger partial charge in [0.25, 0.3) is 5.91 Å². The van der Waals surface area contributed by atoms with E-state index in [1.165, 1.54) is 12.1 Å². The number of carbonyl (C=O) groups excluding carboxylic acids is 1. The number of hydrogen-bond donors (Lipinski definition) is 1. The molecule has 122 valence electrons. The van der Waals surface area contributed by atoms with Crippen molar-refractivity contribution in [2.24, 2.45) is 0 Å². The lowest BCUT2D eigenvalue weighted by atomic mass is 9.97. The lowest BCUT2D eigenvalue weighted by Gasteiger charge is -2.23. The molecule has 1 aliphatic heterocycles. The highest BCUT2D eigenvalue weighted by Gasteiger charge is 2.20. The fraction of sp³-hybridized carbons (Fsp3) is 0.278. The molecule has 0 radical (unpaired) electrons. The summed E-state index contributed by atoms with van der Waals surface area (Å²) in [5, 5.41) is 3.33. The number of nitrogens with one attached hydrogen (secondary N) is 1. The summed E-state index contributed by atoms with van der Waals surface area (Å²) in [6.07, 6.45) is 1.95. The molecule has 5 heteroatoms. The zero-order valence-electron chi connectivity index (χ0n) is 13.0. The number of anilines is 1. The smallest absolute Gasteiger partial charge is 0.254 e. The minimum absolute atomic E-state index is 0. The second-order valence-corrected chi connectivity index (χ2v) is 5.65. The van der Waals surface area contributed by atoms with Crippen molar-refractivity contribution in [1.82, 2.24) is 4.90 Å². The monoisotopic (exact) mass is 334 g/mol. The Bertz CT molecular complexity index is 705. The second-order valence-electron chi connectivity index (χ2n) is 5.65. The van der Waals surface area contributed by atoms with Crippen LogP contribution in [0.3, 0.4) is 0 Å². The average molecular weight is 335 g/mol. The van der Waals surface area contributed by atoms with Crippen LogP contribution in [0.15, 0.2) is 42.5 Å². The van der Waals surface area contributed by atoms with Crippen LogP contribution in [0, 0.1) is 5.82 Å². The maximum Gasteiger partial charge on any atom is 0.254 e. The molecular formula is C18H20ClFN2O. The van der Waals surface area contributed by atoms with Crippen molar-refractivity contribution in [2.45, 2.75) is 19.4 Å². The first-order valence-corrected chi connectivity index (χ1v) is 7.51. The number of carbonyl (C=O) groups is 1. The van der Waals surface area contributed by atoms with Gasteiger partial charge in [-0.1, -0.05) is 18.2 Å². The van der Waals surface area contributed by atoms with E-state index >= 15 is 0 Å². The van der Waals surface area contributed by atoms with Gasteiger partial charge in [0.05, 0.1) is 0 Å². The normalized spacial score (nSPS) is 12.6. The van der Waals surface area contributed by atoms with Crippen LogP contribution >= 0.6 is 12.4 Å². The maximum atomic E-state index is 13.3. The van der Waals surface area contributed by atoms with Crippen LogP contribution in [-0.2, 0) is 13.0 Å². The number of fused-ring (bicyclic) bond motifs is 1. The highest BCUT2D eigenvalue weighted by molar-refractivity contribution is 5.97. The van der Waals surface area contributed by atoms with Gasteiger partial charge in [-0.25, -0.2) is 4.39 Å². The van der Waals surface area contributed by atoms with Gasteiger partial charge in [-0.3, -0.25) is 4.79 Å². The van der Waals surface area contributed by atoms with Gasteiger partial charge in [-0.05, 0) is 48.2 Å². The summed E-state index contributed by atoms with van der Waals surface area (Å²) >= 11 is 0. The molecule has 0 spiro atoms. The van der Waals surface area contributed by atoms with E-state index in [-0.39, 0.29) is 24.1 Å². The maximum absolute atomic E-state index is 13.3. The Morgan fingerprint density at radius 2 is 2.04 bits per heavy atom. The average Bonchev–Trinajstić information content (AvgIpc) is 2.53. The minimum Gasteiger partial charge on any atom is -0.385 e. The molecule has 0 saturated heterocycles. The fourth-order valence-electron chi connectivity index (χ4n) is 2.90. The van der Waals surface area contributed by atoms with Crippen molar-refractivity contribution in [3.8, 4) is 0 Å². The second kappa shape index (κ2) is 7.47. The quantitative estimate of drug-likeness (QED) is 0.924. The third kappa shape index (κ3) is 3.82. The summed E-state index contributed by atoms with van der Waals surface area (Å²) in [5.74, 6) is -0.301. The van der Waals surface area contributed by atoms with E-state index in [0.29, 0.717) is 6.54 Å². The molecule has 1 amide bonds. The van der Waals surface area contributed by atoms with Crippen LogP contribution in [0.4, 0.5) is 10.1 Å². The van der Waals surface area contributed by atoms with E-state index in [2.05, 4.69) is 5.32 Å². The number of nitrogens with zero attached hydrogens (tertiary/aromatic N) is 1. The molecule has 0 aliphatic carbocycles. The molecule has 23 heavy (non-hydrogen) atoms. The Kier molecular flexibility index (Phi) is 5.61. The van der Waals surface area contributed by atoms with Crippen LogP contribution in [0.25, 0.3) is 0 Å². The van der Waals surface area contributed by atoms with Gasteiger partial charge in [-0.2, -0.15) is 0 Å². The van der Waals surface area contributed by atoms with Crippen molar-refractivity contribution in [1.29, 1.82) is 0 Å². The molecule has 1 N–H and O–H groups in total. The first kappa shape index (κ1) is 17.3. The molecule has 0 saturated carbocycles. The summed E-state index contributed by atoms with van der Waals surface area (Å²) in [7, 11) is 1.75. The molecule has 0 bridgehead atoms. The van der Waals surface area contributed by atoms with Crippen molar-refractivity contribution < 1.29 is 9.18 Å². The highest BCUT2D eigenvalue weighted by Crippen LogP contribution is 2.26. The molecule has 2 aromatic carbocycles. The molecule has 0 unspecified atom stereocenters. The predicted molar refractivity (Wildman–Crippen MR) is 92.7 cm³/mol. The van der Waals surface area contributed by atoms with Gasteiger partial charge in [0.2, 0.25) is 0 Å². The number of benzene rings is 2. The summed E-state index contributed by atoms with van der Waals surface area (Å²) in [6.45, 7) is 1.34. The standard InChI is InChI=1S/C18H19FN2O.ClH/c1-21(12-13-5-2-6-14(19)11-13)18(22)16-7-3-9-17-15(16)8-4-10-20-17;/h2-3,5-7,9,11,20H,4,8,10,12H2,1H3;1H. The van der Waals surface area contributed by atoms with E-state index in [4.69, 9.17) is 0 Å². The lowest BCUT2D eigenvalue weighted by molar-refractivity contribution is 0.0784. The summed E-state index contributed by atoms with van der Waals surface area (Å²) in [5.41, 5.74) is 3.67. The third-order valence-electron chi connectivity index (χ3n) is 3.98. The molecule has 0 fully saturated rings. The first-order valence-electron chi connectivity index (χ1n) is 7.51. The van der Waals surface area contributed by atoms with Crippen molar-refractivity contribution in [3.63, 3.8) is 0 Å². The van der Waals surface area contributed by atoms with Gasteiger partial charge in [0.1, 0.15) is 5.82 Å². The largest absolute Gasteiger partial charge is 0.385 e. The van der Waals surface area contributed by atoms with Crippen LogP contribution in [0.1, 0.15) is 27.9 Å². The number of rotatable bonds is 3. The molecule has 3 rings (SSSR count). The van der Waals surface area contributed by atoms with Gasteiger partial charge in [-0.15, -0.1) is 12.4 Å². The van der Waals surface area contributed by atoms with E-state index in [0.717, 1.165) is 41.8 Å². The van der Waals surface area contributed by atoms with Crippen LogP contribution in [-0.4, -0.2) is 24.4 Å². The zero-order chi connectivity index (χ0) is 15.5.